The number of fused-ring (bicyclic) bond motifs is 1. The molecule has 0 aliphatic heterocycles. The molecule has 0 radical (unpaired) electrons. The fourth-order valence-corrected chi connectivity index (χ4v) is 3.18. The van der Waals surface area contributed by atoms with Gasteiger partial charge in [-0.2, -0.15) is 18.2 Å². The quantitative estimate of drug-likeness (QED) is 0.439. The first-order valence-electron chi connectivity index (χ1n) is 10.5. The van der Waals surface area contributed by atoms with Crippen LogP contribution in [0.5, 0.6) is 11.6 Å². The molecule has 8 nitrogen and oxygen atoms in total. The predicted molar refractivity (Wildman–Crippen MR) is 123 cm³/mol. The van der Waals surface area contributed by atoms with E-state index in [1.165, 1.54) is 13.2 Å². The molecule has 0 amide bonds. The summed E-state index contributed by atoms with van der Waals surface area (Å²) < 4.78 is 56.4. The second-order valence-corrected chi connectivity index (χ2v) is 8.49. The lowest BCUT2D eigenvalue weighted by atomic mass is 10.0. The van der Waals surface area contributed by atoms with Crippen LogP contribution in [0.3, 0.4) is 0 Å². The lowest BCUT2D eigenvalue weighted by Gasteiger charge is -2.23. The van der Waals surface area contributed by atoms with E-state index in [4.69, 9.17) is 19.9 Å². The summed E-state index contributed by atoms with van der Waals surface area (Å²) >= 11 is 0. The van der Waals surface area contributed by atoms with Crippen LogP contribution in [0.2, 0.25) is 0 Å². The van der Waals surface area contributed by atoms with Gasteiger partial charge in [-0.05, 0) is 51.5 Å². The largest absolute Gasteiger partial charge is 0.485 e. The van der Waals surface area contributed by atoms with Crippen LogP contribution in [-0.2, 0) is 10.9 Å². The number of aromatic nitrogens is 3. The number of aryl methyl sites for hydroxylation is 1. The first kappa shape index (κ1) is 25.3. The summed E-state index contributed by atoms with van der Waals surface area (Å²) in [7, 11) is 3.05. The second-order valence-electron chi connectivity index (χ2n) is 8.49. The number of hydrogen-bond acceptors (Lipinski definition) is 8. The Morgan fingerprint density at radius 3 is 2.38 bits per heavy atom. The lowest BCUT2D eigenvalue weighted by Crippen LogP contribution is -2.30. The number of methoxy groups -OCH3 is 2. The van der Waals surface area contributed by atoms with Crippen molar-refractivity contribution >= 4 is 22.5 Å². The van der Waals surface area contributed by atoms with Gasteiger partial charge in [0.25, 0.3) is 5.88 Å². The van der Waals surface area contributed by atoms with E-state index in [2.05, 4.69) is 20.3 Å². The molecule has 3 rings (SSSR count). The van der Waals surface area contributed by atoms with Gasteiger partial charge in [-0.25, -0.2) is 9.97 Å². The van der Waals surface area contributed by atoms with Crippen LogP contribution in [0, 0.1) is 6.92 Å². The average Bonchev–Trinajstić information content (AvgIpc) is 2.76. The van der Waals surface area contributed by atoms with Crippen molar-refractivity contribution < 1.29 is 27.4 Å². The van der Waals surface area contributed by atoms with E-state index >= 15 is 0 Å². The van der Waals surface area contributed by atoms with Gasteiger partial charge in [0.15, 0.2) is 11.4 Å². The zero-order valence-corrected chi connectivity index (χ0v) is 19.9. The minimum atomic E-state index is -4.51. The molecule has 2 aromatic heterocycles. The molecule has 0 spiro atoms. The van der Waals surface area contributed by atoms with E-state index in [9.17, 15) is 13.2 Å². The normalized spacial score (nSPS) is 13.1. The molecule has 0 saturated heterocycles. The number of halogens is 3. The maximum atomic E-state index is 13.3. The molecule has 0 fully saturated rings. The van der Waals surface area contributed by atoms with Crippen molar-refractivity contribution in [1.29, 1.82) is 0 Å². The topological polar surface area (TPSA) is 104 Å². The minimum Gasteiger partial charge on any atom is -0.485 e. The number of hydrogen-bond donors (Lipinski definition) is 2. The maximum Gasteiger partial charge on any atom is 0.416 e. The van der Waals surface area contributed by atoms with Gasteiger partial charge >= 0.3 is 6.18 Å². The molecule has 2 heterocycles. The molecule has 1 atom stereocenters. The molecule has 0 saturated carbocycles. The van der Waals surface area contributed by atoms with Gasteiger partial charge in [-0.15, -0.1) is 0 Å². The Labute approximate surface area is 195 Å². The number of nitrogens with zero attached hydrogens (tertiary/aromatic N) is 3. The van der Waals surface area contributed by atoms with E-state index in [-0.39, 0.29) is 18.2 Å². The number of ether oxygens (including phenoxy) is 3. The number of benzene rings is 1. The Kier molecular flexibility index (Phi) is 7.06. The highest BCUT2D eigenvalue weighted by Crippen LogP contribution is 2.35. The number of pyridine rings is 1. The molecule has 3 aromatic rings. The van der Waals surface area contributed by atoms with Gasteiger partial charge in [0.2, 0.25) is 0 Å². The van der Waals surface area contributed by atoms with Crippen molar-refractivity contribution in [3.63, 3.8) is 0 Å². The van der Waals surface area contributed by atoms with Crippen molar-refractivity contribution in [3.8, 4) is 11.6 Å². The monoisotopic (exact) mass is 479 g/mol. The summed E-state index contributed by atoms with van der Waals surface area (Å²) in [5.41, 5.74) is 5.08. The van der Waals surface area contributed by atoms with E-state index in [1.807, 2.05) is 13.8 Å². The maximum absolute atomic E-state index is 13.3. The van der Waals surface area contributed by atoms with Crippen LogP contribution in [0.1, 0.15) is 43.8 Å². The van der Waals surface area contributed by atoms with Gasteiger partial charge in [-0.1, -0.05) is 0 Å². The summed E-state index contributed by atoms with van der Waals surface area (Å²) in [5.74, 6) is 1.40. The molecule has 1 aromatic carbocycles. The lowest BCUT2D eigenvalue weighted by molar-refractivity contribution is -0.137. The zero-order valence-electron chi connectivity index (χ0n) is 19.9. The smallest absolute Gasteiger partial charge is 0.416 e. The molecular formula is C23H28F3N5O3. The Morgan fingerprint density at radius 2 is 1.76 bits per heavy atom. The molecule has 184 valence electrons. The number of nitrogens with one attached hydrogen (secondary N) is 1. The molecule has 0 aliphatic carbocycles. The molecule has 3 N–H and O–H groups in total. The molecular weight excluding hydrogens is 451 g/mol. The Morgan fingerprint density at radius 1 is 1.06 bits per heavy atom. The fraction of sp³-hybridized carbons (Fsp3) is 0.435. The molecule has 0 bridgehead atoms. The Bertz CT molecular complexity index is 1180. The van der Waals surface area contributed by atoms with Crippen molar-refractivity contribution in [2.45, 2.75) is 45.5 Å². The molecule has 0 aliphatic rings. The second kappa shape index (κ2) is 9.49. The third-order valence-corrected chi connectivity index (χ3v) is 5.21. The van der Waals surface area contributed by atoms with Crippen LogP contribution >= 0.6 is 0 Å². The summed E-state index contributed by atoms with van der Waals surface area (Å²) in [4.78, 5) is 13.2. The Balaban J connectivity index is 2.02. The van der Waals surface area contributed by atoms with E-state index in [0.29, 0.717) is 34.0 Å². The van der Waals surface area contributed by atoms with E-state index < -0.39 is 23.4 Å². The number of rotatable bonds is 8. The molecule has 11 heteroatoms. The zero-order chi connectivity index (χ0) is 25.3. The van der Waals surface area contributed by atoms with Gasteiger partial charge in [0, 0.05) is 18.9 Å². The first-order chi connectivity index (χ1) is 15.8. The Hall–Kier alpha value is -3.34. The van der Waals surface area contributed by atoms with Gasteiger partial charge < -0.3 is 25.3 Å². The highest BCUT2D eigenvalue weighted by atomic mass is 19.4. The third kappa shape index (κ3) is 5.77. The van der Waals surface area contributed by atoms with Crippen molar-refractivity contribution in [2.24, 2.45) is 0 Å². The van der Waals surface area contributed by atoms with Crippen LogP contribution in [-0.4, -0.2) is 41.4 Å². The van der Waals surface area contributed by atoms with Crippen LogP contribution in [0.15, 0.2) is 24.3 Å². The summed E-state index contributed by atoms with van der Waals surface area (Å²) in [6.07, 6.45) is -4.51. The van der Waals surface area contributed by atoms with Crippen LogP contribution in [0.25, 0.3) is 11.0 Å². The SMILES string of the molecule is COc1nc2nc(C)nc(N[C@H](C)c3cc(N)cc(C(F)(F)F)c3)c2cc1OCC(C)(C)OC. The third-order valence-electron chi connectivity index (χ3n) is 5.21. The minimum absolute atomic E-state index is 0.0186. The highest BCUT2D eigenvalue weighted by Gasteiger charge is 2.31. The average molecular weight is 480 g/mol. The highest BCUT2D eigenvalue weighted by molar-refractivity contribution is 5.88. The summed E-state index contributed by atoms with van der Waals surface area (Å²) in [6.45, 7) is 7.37. The molecule has 0 unspecified atom stereocenters. The number of nitrogens with two attached hydrogens (primary N) is 1. The summed E-state index contributed by atoms with van der Waals surface area (Å²) in [5, 5.41) is 3.68. The first-order valence-corrected chi connectivity index (χ1v) is 10.5. The van der Waals surface area contributed by atoms with Crippen LogP contribution in [0.4, 0.5) is 24.7 Å². The van der Waals surface area contributed by atoms with E-state index in [0.717, 1.165) is 12.1 Å². The van der Waals surface area contributed by atoms with Crippen LogP contribution < -0.4 is 20.5 Å². The molecule has 34 heavy (non-hydrogen) atoms. The van der Waals surface area contributed by atoms with Crippen molar-refractivity contribution in [1.82, 2.24) is 15.0 Å². The van der Waals surface area contributed by atoms with Gasteiger partial charge in [0.1, 0.15) is 18.2 Å². The van der Waals surface area contributed by atoms with Gasteiger partial charge in [-0.3, -0.25) is 0 Å². The predicted octanol–water partition coefficient (Wildman–Crippen LogP) is 4.92. The number of anilines is 2. The van der Waals surface area contributed by atoms with Crippen molar-refractivity contribution in [3.05, 3.63) is 41.2 Å². The number of alkyl halides is 3. The van der Waals surface area contributed by atoms with E-state index in [1.54, 1.807) is 27.0 Å². The van der Waals surface area contributed by atoms with Crippen molar-refractivity contribution in [2.75, 3.05) is 31.9 Å². The van der Waals surface area contributed by atoms with Gasteiger partial charge in [0.05, 0.1) is 29.7 Å². The standard InChI is InChI=1S/C23H28F3N5O3/c1-12(14-7-15(23(24,25)26)9-16(27)8-14)28-19-17-10-18(34-11-22(3,4)33-6)21(32-5)31-20(17)30-13(2)29-19/h7-10,12H,11,27H2,1-6H3,(H,28,29,30,31)/t12-/m1/s1. The fourth-order valence-electron chi connectivity index (χ4n) is 3.18. The summed E-state index contributed by atoms with van der Waals surface area (Å²) in [6, 6.07) is 4.59. The number of nitrogen functional groups attached to an aromatic ring is 1.